The van der Waals surface area contributed by atoms with E-state index in [1.54, 1.807) is 55.4 Å². The molecule has 0 N–H and O–H groups in total. The smallest absolute Gasteiger partial charge is 0.427 e. The number of carbonyl (C=O) groups is 2. The Morgan fingerprint density at radius 2 is 1.33 bits per heavy atom. The number of aromatic nitrogens is 4. The summed E-state index contributed by atoms with van der Waals surface area (Å²) in [7, 11) is -5.19. The largest absolute Gasteiger partial charge is 0.479 e. The van der Waals surface area contributed by atoms with E-state index in [9.17, 15) is 14.2 Å². The second-order valence-electron chi connectivity index (χ2n) is 16.2. The molecule has 0 spiro atoms. The molecule has 0 saturated heterocycles. The second kappa shape index (κ2) is 19.4. The maximum Gasteiger partial charge on any atom is 0.427 e. The van der Waals surface area contributed by atoms with Gasteiger partial charge in [0.2, 0.25) is 11.5 Å². The average Bonchev–Trinajstić information content (AvgIpc) is 3.49. The van der Waals surface area contributed by atoms with Crippen LogP contribution in [0.5, 0.6) is 5.88 Å². The highest BCUT2D eigenvalue weighted by Gasteiger charge is 2.50. The van der Waals surface area contributed by atoms with Crippen molar-refractivity contribution in [3.63, 3.8) is 0 Å². The number of amides is 2. The number of imidazole rings is 1. The van der Waals surface area contributed by atoms with Gasteiger partial charge in [0, 0.05) is 6.61 Å². The van der Waals surface area contributed by atoms with Crippen molar-refractivity contribution in [1.82, 2.24) is 19.7 Å². The van der Waals surface area contributed by atoms with Gasteiger partial charge in [0.25, 0.3) is 14.3 Å². The van der Waals surface area contributed by atoms with Crippen molar-refractivity contribution >= 4 is 67.3 Å². The van der Waals surface area contributed by atoms with E-state index >= 15 is 0 Å². The van der Waals surface area contributed by atoms with Crippen LogP contribution in [-0.4, -0.2) is 95.7 Å². The minimum atomic E-state index is -3.54. The number of methoxy groups -OCH3 is 1. The topological polar surface area (TPSA) is 163 Å². The molecule has 1 atom stereocenters. The van der Waals surface area contributed by atoms with Gasteiger partial charge in [0.05, 0.1) is 31.1 Å². The quantitative estimate of drug-likeness (QED) is 0.0745. The maximum atomic E-state index is 13.9. The molecule has 0 saturated carbocycles. The predicted molar refractivity (Wildman–Crippen MR) is 229 cm³/mol. The molecular formula is C40H58N5O10PSSi. The van der Waals surface area contributed by atoms with E-state index in [0.29, 0.717) is 4.90 Å². The van der Waals surface area contributed by atoms with E-state index in [1.165, 1.54) is 25.2 Å². The summed E-state index contributed by atoms with van der Waals surface area (Å²) >= 11 is 1.30. The van der Waals surface area contributed by atoms with Crippen LogP contribution in [0.2, 0.25) is 5.04 Å². The fourth-order valence-corrected chi connectivity index (χ4v) is 14.2. The van der Waals surface area contributed by atoms with Crippen molar-refractivity contribution < 1.29 is 46.7 Å². The molecule has 318 valence electrons. The van der Waals surface area contributed by atoms with Crippen LogP contribution in [0.3, 0.4) is 0 Å². The van der Waals surface area contributed by atoms with Crippen LogP contribution in [0.4, 0.5) is 15.5 Å². The lowest BCUT2D eigenvalue weighted by Crippen LogP contribution is -2.67. The SMILES string of the molecule is CCOP(=O)(CSC(COn1c(N(C(=O)OC(C)(C)C)C(=O)OC(C)(C)C)nc2c(OC)ncnc21)CO[Si](c1ccccc1)(c1ccccc1)C(C)(C)C)OCC. The van der Waals surface area contributed by atoms with E-state index in [-0.39, 0.29) is 60.0 Å². The predicted octanol–water partition coefficient (Wildman–Crippen LogP) is 7.84. The Morgan fingerprint density at radius 1 is 0.810 bits per heavy atom. The van der Waals surface area contributed by atoms with Gasteiger partial charge in [0.15, 0.2) is 5.52 Å². The normalized spacial score (nSPS) is 13.2. The van der Waals surface area contributed by atoms with Gasteiger partial charge in [-0.05, 0) is 70.8 Å². The molecule has 2 aromatic carbocycles. The molecule has 0 fully saturated rings. The van der Waals surface area contributed by atoms with Crippen molar-refractivity contribution in [2.24, 2.45) is 0 Å². The van der Waals surface area contributed by atoms with E-state index < -0.39 is 44.6 Å². The van der Waals surface area contributed by atoms with Crippen molar-refractivity contribution in [3.05, 3.63) is 67.0 Å². The number of thioether (sulfide) groups is 1. The van der Waals surface area contributed by atoms with E-state index in [0.717, 1.165) is 15.1 Å². The number of imide groups is 1. The fourth-order valence-electron chi connectivity index (χ4n) is 6.09. The van der Waals surface area contributed by atoms with Gasteiger partial charge in [0.1, 0.15) is 24.1 Å². The average molecular weight is 860 g/mol. The summed E-state index contributed by atoms with van der Waals surface area (Å²) < 4.78 is 50.4. The number of hydrogen-bond acceptors (Lipinski definition) is 14. The second-order valence-corrected chi connectivity index (χ2v) is 24.3. The molecule has 1 unspecified atom stereocenters. The zero-order valence-electron chi connectivity index (χ0n) is 35.6. The fraction of sp³-hybridized carbons (Fsp3) is 0.525. The first-order valence-corrected chi connectivity index (χ1v) is 23.8. The number of anilines is 1. The standard InChI is InChI=1S/C40H58N5O10PSSi/c1-13-51-56(48,52-14-2)28-57-29(26-53-58(40(9,10)11,30-21-17-15-18-22-30)31-23-19-16-20-24-31)25-50-45-33-32(34(49-12)42-27-41-33)43-35(45)44(36(46)54-38(3,4)5)37(47)55-39(6,7)8/h15-24,27,29H,13-14,25-26,28H2,1-12H3. The van der Waals surface area contributed by atoms with Gasteiger partial charge >= 0.3 is 19.8 Å². The third-order valence-electron chi connectivity index (χ3n) is 8.31. The summed E-state index contributed by atoms with van der Waals surface area (Å²) in [4.78, 5) is 48.1. The van der Waals surface area contributed by atoms with Crippen LogP contribution >= 0.6 is 19.4 Å². The number of nitrogens with zero attached hydrogens (tertiary/aromatic N) is 5. The molecule has 2 aromatic heterocycles. The Hall–Kier alpha value is -3.99. The summed E-state index contributed by atoms with van der Waals surface area (Å²) in [6, 6.07) is 20.4. The van der Waals surface area contributed by atoms with Crippen LogP contribution in [0, 0.1) is 0 Å². The first kappa shape index (κ1) is 46.7. The molecule has 2 amide bonds. The number of ether oxygens (including phenoxy) is 3. The Morgan fingerprint density at radius 3 is 1.78 bits per heavy atom. The van der Waals surface area contributed by atoms with Crippen LogP contribution in [0.15, 0.2) is 67.0 Å². The molecule has 58 heavy (non-hydrogen) atoms. The van der Waals surface area contributed by atoms with Crippen molar-refractivity contribution in [2.45, 2.75) is 97.7 Å². The Balaban J connectivity index is 1.86. The van der Waals surface area contributed by atoms with E-state index in [1.807, 2.05) is 36.4 Å². The lowest BCUT2D eigenvalue weighted by atomic mass is 10.2. The third kappa shape index (κ3) is 11.6. The third-order valence-corrected chi connectivity index (χ3v) is 17.2. The number of hydrogen-bond donors (Lipinski definition) is 0. The van der Waals surface area contributed by atoms with Crippen LogP contribution in [0.1, 0.15) is 76.2 Å². The number of fused-ring (bicyclic) bond motifs is 1. The van der Waals surface area contributed by atoms with Gasteiger partial charge in [-0.2, -0.15) is 4.98 Å². The van der Waals surface area contributed by atoms with Crippen LogP contribution < -0.4 is 24.8 Å². The zero-order chi connectivity index (χ0) is 42.9. The molecule has 0 bridgehead atoms. The van der Waals surface area contributed by atoms with Crippen molar-refractivity contribution in [3.8, 4) is 5.88 Å². The lowest BCUT2D eigenvalue weighted by Gasteiger charge is -2.43. The number of carbonyl (C=O) groups excluding carboxylic acids is 2. The number of benzene rings is 2. The van der Waals surface area contributed by atoms with E-state index in [2.05, 4.69) is 60.0 Å². The molecular weight excluding hydrogens is 802 g/mol. The summed E-state index contributed by atoms with van der Waals surface area (Å²) in [5.41, 5.74) is -1.82. The monoisotopic (exact) mass is 859 g/mol. The van der Waals surface area contributed by atoms with Crippen LogP contribution in [-0.2, 0) is 27.5 Å². The highest BCUT2D eigenvalue weighted by atomic mass is 32.2. The molecule has 0 radical (unpaired) electrons. The lowest BCUT2D eigenvalue weighted by molar-refractivity contribution is 0.0405. The van der Waals surface area contributed by atoms with Gasteiger partial charge in [-0.3, -0.25) is 4.57 Å². The molecule has 0 aliphatic carbocycles. The maximum absolute atomic E-state index is 13.9. The first-order valence-electron chi connectivity index (χ1n) is 19.1. The van der Waals surface area contributed by atoms with Gasteiger partial charge in [-0.15, -0.1) is 21.4 Å². The molecule has 2 heterocycles. The molecule has 4 aromatic rings. The van der Waals surface area contributed by atoms with Crippen LogP contribution in [0.25, 0.3) is 11.2 Å². The van der Waals surface area contributed by atoms with Crippen molar-refractivity contribution in [1.29, 1.82) is 0 Å². The molecule has 18 heteroatoms. The minimum Gasteiger partial charge on any atom is -0.479 e. The molecule has 4 rings (SSSR count). The highest BCUT2D eigenvalue weighted by molar-refractivity contribution is 8.05. The highest BCUT2D eigenvalue weighted by Crippen LogP contribution is 2.51. The first-order chi connectivity index (χ1) is 27.2. The van der Waals surface area contributed by atoms with Gasteiger partial charge in [-0.25, -0.2) is 19.6 Å². The molecule has 0 aliphatic heterocycles. The Kier molecular flexibility index (Phi) is 15.6. The van der Waals surface area contributed by atoms with E-state index in [4.69, 9.17) is 32.5 Å². The van der Waals surface area contributed by atoms with Crippen molar-refractivity contribution in [2.75, 3.05) is 43.9 Å². The minimum absolute atomic E-state index is 0.0116. The summed E-state index contributed by atoms with van der Waals surface area (Å²) in [6.07, 6.45) is -0.885. The summed E-state index contributed by atoms with van der Waals surface area (Å²) in [6.45, 7) is 20.4. The Bertz CT molecular complexity index is 1940. The summed E-state index contributed by atoms with van der Waals surface area (Å²) in [5.74, 6) is -0.250. The summed E-state index contributed by atoms with van der Waals surface area (Å²) in [5, 5.41) is 1.26. The molecule has 0 aliphatic rings. The Labute approximate surface area is 347 Å². The zero-order valence-corrected chi connectivity index (χ0v) is 38.3. The van der Waals surface area contributed by atoms with Gasteiger partial charge in [-0.1, -0.05) is 81.4 Å². The number of rotatable bonds is 17. The molecule has 15 nitrogen and oxygen atoms in total. The van der Waals surface area contributed by atoms with Gasteiger partial charge < -0.3 is 32.5 Å².